The molecule has 0 aliphatic rings. The highest BCUT2D eigenvalue weighted by molar-refractivity contribution is 5.76. The second-order valence-corrected chi connectivity index (χ2v) is 6.74. The van der Waals surface area contributed by atoms with E-state index in [1.54, 1.807) is 6.92 Å². The maximum atomic E-state index is 12.3. The van der Waals surface area contributed by atoms with Crippen molar-refractivity contribution >= 4 is 24.2 Å². The lowest BCUT2D eigenvalue weighted by Crippen LogP contribution is -2.37. The predicted molar refractivity (Wildman–Crippen MR) is 110 cm³/mol. The molecule has 32 heavy (non-hydrogen) atoms. The lowest BCUT2D eigenvalue weighted by Gasteiger charge is -2.17. The van der Waals surface area contributed by atoms with Crippen molar-refractivity contribution in [1.29, 1.82) is 0 Å². The number of rotatable bonds is 11. The molecule has 11 nitrogen and oxygen atoms in total. The Morgan fingerprint density at radius 3 is 2.22 bits per heavy atom. The number of methoxy groups -OCH3 is 2. The van der Waals surface area contributed by atoms with Gasteiger partial charge in [-0.15, -0.1) is 0 Å². The fourth-order valence-electron chi connectivity index (χ4n) is 2.37. The molecule has 0 heterocycles. The molecule has 1 aromatic carbocycles. The quantitative estimate of drug-likeness (QED) is 0.298. The van der Waals surface area contributed by atoms with Crippen LogP contribution >= 0.6 is 0 Å². The molecule has 0 aromatic heterocycles. The summed E-state index contributed by atoms with van der Waals surface area (Å²) in [4.78, 5) is 46.6. The number of carbonyl (C=O) groups excluding carboxylic acids is 4. The third-order valence-corrected chi connectivity index (χ3v) is 4.02. The summed E-state index contributed by atoms with van der Waals surface area (Å²) in [6.07, 6.45) is -0.798. The Kier molecular flexibility index (Phi) is 11.6. The Bertz CT molecular complexity index is 795. The second-order valence-electron chi connectivity index (χ2n) is 6.74. The van der Waals surface area contributed by atoms with Gasteiger partial charge < -0.3 is 34.2 Å². The minimum absolute atomic E-state index is 0.0257. The highest BCUT2D eigenvalue weighted by atomic mass is 16.7. The number of carbonyl (C=O) groups is 4. The SMILES string of the molecule is CCCCC(=O)OC[C@H](C)OC(=O)[C@@H](N)Cc1ccc(OC(=O)OC)c(OC(=O)OC)c1. The highest BCUT2D eigenvalue weighted by Crippen LogP contribution is 2.29. The van der Waals surface area contributed by atoms with Crippen LogP contribution in [0.25, 0.3) is 0 Å². The standard InChI is InChI=1S/C21H29NO10/c1-5-6-7-18(23)29-12-13(2)30-19(24)15(22)10-14-8-9-16(31-20(25)27-3)17(11-14)32-21(26)28-4/h8-9,11,13,15H,5-7,10,12,22H2,1-4H3/t13-,15-/m0/s1. The van der Waals surface area contributed by atoms with Crippen LogP contribution in [0.5, 0.6) is 11.5 Å². The smallest absolute Gasteiger partial charge is 0.462 e. The summed E-state index contributed by atoms with van der Waals surface area (Å²) in [7, 11) is 2.23. The lowest BCUT2D eigenvalue weighted by molar-refractivity contribution is -0.159. The minimum atomic E-state index is -1.05. The molecule has 0 radical (unpaired) electrons. The van der Waals surface area contributed by atoms with Crippen LogP contribution in [-0.2, 0) is 35.0 Å². The summed E-state index contributed by atoms with van der Waals surface area (Å²) in [6.45, 7) is 3.47. The Hall–Kier alpha value is -3.34. The topological polar surface area (TPSA) is 150 Å². The van der Waals surface area contributed by atoms with Crippen molar-refractivity contribution in [3.05, 3.63) is 23.8 Å². The largest absolute Gasteiger partial charge is 0.513 e. The third kappa shape index (κ3) is 9.65. The number of hydrogen-bond acceptors (Lipinski definition) is 11. The van der Waals surface area contributed by atoms with Crippen molar-refractivity contribution in [2.75, 3.05) is 20.8 Å². The lowest BCUT2D eigenvalue weighted by atomic mass is 10.1. The molecule has 2 atom stereocenters. The first-order valence-electron chi connectivity index (χ1n) is 9.96. The van der Waals surface area contributed by atoms with Gasteiger partial charge in [-0.1, -0.05) is 19.4 Å². The molecule has 0 bridgehead atoms. The Morgan fingerprint density at radius 1 is 1.00 bits per heavy atom. The van der Waals surface area contributed by atoms with Crippen LogP contribution in [0.3, 0.4) is 0 Å². The van der Waals surface area contributed by atoms with Gasteiger partial charge >= 0.3 is 24.2 Å². The molecular formula is C21H29NO10. The van der Waals surface area contributed by atoms with Gasteiger partial charge in [0.25, 0.3) is 0 Å². The van der Waals surface area contributed by atoms with Crippen LogP contribution in [0.4, 0.5) is 9.59 Å². The van der Waals surface area contributed by atoms with Gasteiger partial charge in [0.2, 0.25) is 0 Å². The van der Waals surface area contributed by atoms with Crippen molar-refractivity contribution in [3.8, 4) is 11.5 Å². The van der Waals surface area contributed by atoms with Gasteiger partial charge in [-0.25, -0.2) is 9.59 Å². The fourth-order valence-corrected chi connectivity index (χ4v) is 2.37. The van der Waals surface area contributed by atoms with Gasteiger partial charge in [-0.2, -0.15) is 0 Å². The van der Waals surface area contributed by atoms with E-state index in [4.69, 9.17) is 24.7 Å². The molecule has 11 heteroatoms. The van der Waals surface area contributed by atoms with Crippen LogP contribution in [0, 0.1) is 0 Å². The van der Waals surface area contributed by atoms with E-state index in [-0.39, 0.29) is 30.5 Å². The van der Waals surface area contributed by atoms with E-state index in [0.717, 1.165) is 27.1 Å². The van der Waals surface area contributed by atoms with E-state index in [9.17, 15) is 19.2 Å². The number of nitrogens with two attached hydrogens (primary N) is 1. The Morgan fingerprint density at radius 2 is 1.62 bits per heavy atom. The van der Waals surface area contributed by atoms with Gasteiger partial charge in [-0.05, 0) is 37.5 Å². The van der Waals surface area contributed by atoms with Crippen LogP contribution < -0.4 is 15.2 Å². The Labute approximate surface area is 186 Å². The molecule has 1 aromatic rings. The molecule has 2 N–H and O–H groups in total. The molecule has 0 spiro atoms. The molecular weight excluding hydrogens is 426 g/mol. The highest BCUT2D eigenvalue weighted by Gasteiger charge is 2.21. The monoisotopic (exact) mass is 455 g/mol. The van der Waals surface area contributed by atoms with Crippen LogP contribution in [0.15, 0.2) is 18.2 Å². The van der Waals surface area contributed by atoms with E-state index in [1.807, 2.05) is 6.92 Å². The van der Waals surface area contributed by atoms with Gasteiger partial charge in [0.05, 0.1) is 14.2 Å². The van der Waals surface area contributed by atoms with Crippen molar-refractivity contribution < 1.29 is 47.6 Å². The van der Waals surface area contributed by atoms with Gasteiger partial charge in [0.15, 0.2) is 11.5 Å². The van der Waals surface area contributed by atoms with Crippen molar-refractivity contribution in [2.45, 2.75) is 51.7 Å². The summed E-state index contributed by atoms with van der Waals surface area (Å²) < 4.78 is 29.0. The summed E-state index contributed by atoms with van der Waals surface area (Å²) in [6, 6.07) is 3.18. The average molecular weight is 455 g/mol. The minimum Gasteiger partial charge on any atom is -0.462 e. The van der Waals surface area contributed by atoms with Gasteiger partial charge in [-0.3, -0.25) is 9.59 Å². The predicted octanol–water partition coefficient (Wildman–Crippen LogP) is 2.51. The maximum absolute atomic E-state index is 12.3. The molecule has 1 rings (SSSR count). The zero-order chi connectivity index (χ0) is 24.1. The van der Waals surface area contributed by atoms with E-state index >= 15 is 0 Å². The average Bonchev–Trinajstić information content (AvgIpc) is 2.77. The molecule has 0 aliphatic carbocycles. The van der Waals surface area contributed by atoms with Crippen LogP contribution in [0.2, 0.25) is 0 Å². The molecule has 0 saturated carbocycles. The van der Waals surface area contributed by atoms with E-state index < -0.39 is 30.4 Å². The van der Waals surface area contributed by atoms with Gasteiger partial charge in [0, 0.05) is 6.42 Å². The zero-order valence-corrected chi connectivity index (χ0v) is 18.6. The maximum Gasteiger partial charge on any atom is 0.513 e. The summed E-state index contributed by atoms with van der Waals surface area (Å²) in [5.41, 5.74) is 6.41. The van der Waals surface area contributed by atoms with Gasteiger partial charge in [0.1, 0.15) is 18.8 Å². The number of ether oxygens (including phenoxy) is 6. The first-order chi connectivity index (χ1) is 15.2. The molecule has 178 valence electrons. The summed E-state index contributed by atoms with van der Waals surface area (Å²) in [5, 5.41) is 0. The van der Waals surface area contributed by atoms with Crippen LogP contribution in [-0.4, -0.2) is 57.2 Å². The number of benzene rings is 1. The third-order valence-electron chi connectivity index (χ3n) is 4.02. The van der Waals surface area contributed by atoms with Crippen molar-refractivity contribution in [2.24, 2.45) is 5.73 Å². The molecule has 0 saturated heterocycles. The summed E-state index contributed by atoms with van der Waals surface area (Å²) >= 11 is 0. The molecule has 0 unspecified atom stereocenters. The van der Waals surface area contributed by atoms with E-state index in [1.165, 1.54) is 18.2 Å². The first-order valence-corrected chi connectivity index (χ1v) is 9.96. The number of unbranched alkanes of at least 4 members (excludes halogenated alkanes) is 1. The number of hydrogen-bond donors (Lipinski definition) is 1. The summed E-state index contributed by atoms with van der Waals surface area (Å²) in [5.74, 6) is -1.28. The van der Waals surface area contributed by atoms with Crippen LogP contribution in [0.1, 0.15) is 38.7 Å². The zero-order valence-electron chi connectivity index (χ0n) is 18.6. The van der Waals surface area contributed by atoms with Crippen molar-refractivity contribution in [3.63, 3.8) is 0 Å². The second kappa shape index (κ2) is 13.9. The molecule has 0 fully saturated rings. The first kappa shape index (κ1) is 26.7. The van der Waals surface area contributed by atoms with E-state index in [2.05, 4.69) is 9.47 Å². The van der Waals surface area contributed by atoms with Crippen molar-refractivity contribution in [1.82, 2.24) is 0 Å². The molecule has 0 amide bonds. The molecule has 0 aliphatic heterocycles. The number of esters is 2. The fraction of sp³-hybridized carbons (Fsp3) is 0.524. The Balaban J connectivity index is 2.73. The van der Waals surface area contributed by atoms with E-state index in [0.29, 0.717) is 12.0 Å². The normalized spacial score (nSPS) is 12.2.